The van der Waals surface area contributed by atoms with Crippen molar-refractivity contribution in [2.75, 3.05) is 13.7 Å². The summed E-state index contributed by atoms with van der Waals surface area (Å²) in [6.45, 7) is -0.432. The lowest BCUT2D eigenvalue weighted by Crippen LogP contribution is -2.13. The quantitative estimate of drug-likeness (QED) is 0.264. The van der Waals surface area contributed by atoms with Gasteiger partial charge in [0.25, 0.3) is 5.69 Å². The van der Waals surface area contributed by atoms with Gasteiger partial charge < -0.3 is 13.9 Å². The summed E-state index contributed by atoms with van der Waals surface area (Å²) in [5.74, 6) is -0.254. The molecule has 0 atom stereocenters. The Bertz CT molecular complexity index is 1000. The van der Waals surface area contributed by atoms with Gasteiger partial charge in [0.05, 0.1) is 12.0 Å². The third-order valence-electron chi connectivity index (χ3n) is 3.92. The minimum absolute atomic E-state index is 0.0491. The van der Waals surface area contributed by atoms with E-state index >= 15 is 0 Å². The number of non-ortho nitro benzene ring substituents is 1. The molecule has 0 aliphatic heterocycles. The average Bonchev–Trinajstić information content (AvgIpc) is 3.22. The number of nitrogens with zero attached hydrogens (tertiary/aromatic N) is 1. The third kappa shape index (κ3) is 4.24. The smallest absolute Gasteiger partial charge is 0.374 e. The highest BCUT2D eigenvalue weighted by Gasteiger charge is 2.16. The molecule has 3 rings (SSSR count). The summed E-state index contributed by atoms with van der Waals surface area (Å²) >= 11 is 0. The van der Waals surface area contributed by atoms with E-state index in [-0.39, 0.29) is 17.2 Å². The Labute approximate surface area is 159 Å². The molecule has 0 fully saturated rings. The van der Waals surface area contributed by atoms with Crippen LogP contribution in [0.1, 0.15) is 20.9 Å². The van der Waals surface area contributed by atoms with Crippen LogP contribution in [0.4, 0.5) is 5.69 Å². The minimum atomic E-state index is -0.782. The van der Waals surface area contributed by atoms with Crippen LogP contribution in [0.25, 0.3) is 11.3 Å². The predicted molar refractivity (Wildman–Crippen MR) is 98.4 cm³/mol. The summed E-state index contributed by atoms with van der Waals surface area (Å²) in [6, 6.07) is 15.1. The second kappa shape index (κ2) is 8.17. The monoisotopic (exact) mass is 381 g/mol. The standard InChI is InChI=1S/C20H15NO7/c1-26-16-8-4-13(5-9-16)17(22)12-27-20(23)19-11-10-18(28-19)14-2-6-15(7-3-14)21(24)25/h2-11H,12H2,1H3. The normalized spacial score (nSPS) is 10.3. The lowest BCUT2D eigenvalue weighted by molar-refractivity contribution is -0.384. The summed E-state index contributed by atoms with van der Waals surface area (Å²) in [5, 5.41) is 10.7. The Kier molecular flexibility index (Phi) is 5.50. The zero-order chi connectivity index (χ0) is 20.1. The van der Waals surface area contributed by atoms with Crippen LogP contribution < -0.4 is 4.74 Å². The third-order valence-corrected chi connectivity index (χ3v) is 3.92. The minimum Gasteiger partial charge on any atom is -0.497 e. The molecule has 0 saturated carbocycles. The van der Waals surface area contributed by atoms with E-state index in [4.69, 9.17) is 13.9 Å². The zero-order valence-corrected chi connectivity index (χ0v) is 14.8. The molecule has 28 heavy (non-hydrogen) atoms. The topological polar surface area (TPSA) is 109 Å². The molecular formula is C20H15NO7. The van der Waals surface area contributed by atoms with Gasteiger partial charge >= 0.3 is 5.97 Å². The Hall–Kier alpha value is -3.94. The maximum atomic E-state index is 12.1. The van der Waals surface area contributed by atoms with Crippen LogP contribution >= 0.6 is 0 Å². The SMILES string of the molecule is COc1ccc(C(=O)COC(=O)c2ccc(-c3ccc([N+](=O)[O-])cc3)o2)cc1. The Morgan fingerprint density at radius 2 is 1.68 bits per heavy atom. The van der Waals surface area contributed by atoms with Crippen molar-refractivity contribution in [2.45, 2.75) is 0 Å². The number of ether oxygens (including phenoxy) is 2. The number of esters is 1. The number of hydrogen-bond acceptors (Lipinski definition) is 7. The molecule has 0 unspecified atom stereocenters. The Morgan fingerprint density at radius 3 is 2.29 bits per heavy atom. The van der Waals surface area contributed by atoms with Gasteiger partial charge in [-0.15, -0.1) is 0 Å². The van der Waals surface area contributed by atoms with Crippen LogP contribution in [-0.2, 0) is 4.74 Å². The van der Waals surface area contributed by atoms with Crippen molar-refractivity contribution in [3.8, 4) is 17.1 Å². The van der Waals surface area contributed by atoms with Gasteiger partial charge in [-0.3, -0.25) is 14.9 Å². The average molecular weight is 381 g/mol. The van der Waals surface area contributed by atoms with Gasteiger partial charge in [-0.1, -0.05) is 0 Å². The number of nitro benzene ring substituents is 1. The second-order valence-corrected chi connectivity index (χ2v) is 5.70. The van der Waals surface area contributed by atoms with Crippen molar-refractivity contribution >= 4 is 17.4 Å². The number of benzene rings is 2. The number of Topliss-reactive ketones (excluding diaryl/α,β-unsaturated/α-hetero) is 1. The van der Waals surface area contributed by atoms with E-state index in [1.165, 1.54) is 37.4 Å². The first-order valence-corrected chi connectivity index (χ1v) is 8.17. The molecule has 0 aliphatic rings. The Balaban J connectivity index is 1.62. The summed E-state index contributed by atoms with van der Waals surface area (Å²) in [5.41, 5.74) is 0.908. The van der Waals surface area contributed by atoms with Gasteiger partial charge in [-0.25, -0.2) is 4.79 Å². The molecule has 3 aromatic rings. The van der Waals surface area contributed by atoms with Crippen molar-refractivity contribution in [1.82, 2.24) is 0 Å². The molecule has 0 radical (unpaired) electrons. The van der Waals surface area contributed by atoms with E-state index in [9.17, 15) is 19.7 Å². The molecule has 8 nitrogen and oxygen atoms in total. The van der Waals surface area contributed by atoms with Crippen molar-refractivity contribution in [2.24, 2.45) is 0 Å². The largest absolute Gasteiger partial charge is 0.497 e. The number of hydrogen-bond donors (Lipinski definition) is 0. The van der Waals surface area contributed by atoms with E-state index < -0.39 is 17.5 Å². The fraction of sp³-hybridized carbons (Fsp3) is 0.100. The van der Waals surface area contributed by atoms with Crippen molar-refractivity contribution in [3.63, 3.8) is 0 Å². The van der Waals surface area contributed by atoms with Crippen molar-refractivity contribution in [3.05, 3.63) is 82.1 Å². The molecule has 1 heterocycles. The highest BCUT2D eigenvalue weighted by atomic mass is 16.6. The van der Waals surface area contributed by atoms with E-state index in [1.54, 1.807) is 30.3 Å². The molecule has 142 valence electrons. The highest BCUT2D eigenvalue weighted by Crippen LogP contribution is 2.25. The van der Waals surface area contributed by atoms with Crippen LogP contribution in [0.2, 0.25) is 0 Å². The predicted octanol–water partition coefficient (Wildman–Crippen LogP) is 3.90. The first-order chi connectivity index (χ1) is 13.5. The van der Waals surface area contributed by atoms with Gasteiger partial charge in [-0.2, -0.15) is 0 Å². The molecule has 0 amide bonds. The van der Waals surface area contributed by atoms with E-state index in [1.807, 2.05) is 0 Å². The lowest BCUT2D eigenvalue weighted by Gasteiger charge is -2.04. The van der Waals surface area contributed by atoms with Crippen LogP contribution in [-0.4, -0.2) is 30.4 Å². The van der Waals surface area contributed by atoms with Crippen LogP contribution in [0, 0.1) is 10.1 Å². The first kappa shape index (κ1) is 18.8. The Morgan fingerprint density at radius 1 is 1.00 bits per heavy atom. The number of nitro groups is 1. The highest BCUT2D eigenvalue weighted by molar-refractivity contribution is 5.99. The number of furan rings is 1. The van der Waals surface area contributed by atoms with Gasteiger partial charge in [-0.05, 0) is 48.5 Å². The van der Waals surface area contributed by atoms with Gasteiger partial charge in [0, 0.05) is 23.3 Å². The summed E-state index contributed by atoms with van der Waals surface area (Å²) in [4.78, 5) is 34.4. The van der Waals surface area contributed by atoms with Crippen LogP contribution in [0.3, 0.4) is 0 Å². The number of carbonyl (C=O) groups is 2. The van der Waals surface area contributed by atoms with Crippen LogP contribution in [0.15, 0.2) is 65.1 Å². The first-order valence-electron chi connectivity index (χ1n) is 8.17. The van der Waals surface area contributed by atoms with Gasteiger partial charge in [0.1, 0.15) is 11.5 Å². The fourth-order valence-corrected chi connectivity index (χ4v) is 2.41. The van der Waals surface area contributed by atoms with E-state index in [0.29, 0.717) is 22.6 Å². The number of rotatable bonds is 7. The van der Waals surface area contributed by atoms with Crippen molar-refractivity contribution < 1.29 is 28.4 Å². The maximum absolute atomic E-state index is 12.1. The van der Waals surface area contributed by atoms with Crippen LogP contribution in [0.5, 0.6) is 5.75 Å². The molecule has 0 spiro atoms. The second-order valence-electron chi connectivity index (χ2n) is 5.70. The number of carbonyl (C=O) groups excluding carboxylic acids is 2. The number of ketones is 1. The molecule has 1 aromatic heterocycles. The molecule has 0 aliphatic carbocycles. The molecule has 8 heteroatoms. The van der Waals surface area contributed by atoms with E-state index in [2.05, 4.69) is 0 Å². The summed E-state index contributed by atoms with van der Waals surface area (Å²) in [7, 11) is 1.52. The lowest BCUT2D eigenvalue weighted by atomic mass is 10.1. The summed E-state index contributed by atoms with van der Waals surface area (Å²) < 4.78 is 15.4. The zero-order valence-electron chi connectivity index (χ0n) is 14.8. The van der Waals surface area contributed by atoms with E-state index in [0.717, 1.165) is 0 Å². The molecule has 0 N–H and O–H groups in total. The molecule has 0 saturated heterocycles. The molecule has 0 bridgehead atoms. The van der Waals surface area contributed by atoms with Crippen molar-refractivity contribution in [1.29, 1.82) is 0 Å². The number of methoxy groups -OCH3 is 1. The molecular weight excluding hydrogens is 366 g/mol. The van der Waals surface area contributed by atoms with Gasteiger partial charge in [0.15, 0.2) is 12.4 Å². The fourth-order valence-electron chi connectivity index (χ4n) is 2.41. The summed E-state index contributed by atoms with van der Waals surface area (Å²) in [6.07, 6.45) is 0. The van der Waals surface area contributed by atoms with Gasteiger partial charge in [0.2, 0.25) is 5.76 Å². The molecule has 2 aromatic carbocycles. The maximum Gasteiger partial charge on any atom is 0.374 e.